The van der Waals surface area contributed by atoms with Gasteiger partial charge in [0.1, 0.15) is 17.5 Å². The number of nitrogens with one attached hydrogen (secondary N) is 1. The molecule has 0 fully saturated rings. The molecule has 0 aliphatic heterocycles. The lowest BCUT2D eigenvalue weighted by Crippen LogP contribution is -2.33. The smallest absolute Gasteiger partial charge is 0.267 e. The Balaban J connectivity index is 1.89. The number of hydrogen-bond acceptors (Lipinski definition) is 5. The third-order valence-corrected chi connectivity index (χ3v) is 5.04. The predicted octanol–water partition coefficient (Wildman–Crippen LogP) is 3.74. The van der Waals surface area contributed by atoms with Gasteiger partial charge in [-0.3, -0.25) is 9.59 Å². The average Bonchev–Trinajstić information content (AvgIpc) is 2.75. The van der Waals surface area contributed by atoms with Gasteiger partial charge < -0.3 is 14.8 Å². The van der Waals surface area contributed by atoms with E-state index in [4.69, 9.17) is 9.47 Å². The average molecular weight is 407 g/mol. The van der Waals surface area contributed by atoms with Crippen LogP contribution in [0.2, 0.25) is 0 Å². The Morgan fingerprint density at radius 1 is 1.00 bits per heavy atom. The van der Waals surface area contributed by atoms with Gasteiger partial charge in [-0.05, 0) is 56.2 Å². The summed E-state index contributed by atoms with van der Waals surface area (Å²) < 4.78 is 11.7. The van der Waals surface area contributed by atoms with Crippen molar-refractivity contribution in [1.29, 1.82) is 0 Å². The first-order chi connectivity index (χ1) is 14.3. The summed E-state index contributed by atoms with van der Waals surface area (Å²) in [5.41, 5.74) is 3.94. The van der Waals surface area contributed by atoms with Gasteiger partial charge in [-0.15, -0.1) is 0 Å². The van der Waals surface area contributed by atoms with E-state index in [9.17, 15) is 9.59 Å². The van der Waals surface area contributed by atoms with Gasteiger partial charge in [-0.1, -0.05) is 12.1 Å². The van der Waals surface area contributed by atoms with Crippen LogP contribution >= 0.6 is 0 Å². The fraction of sp³-hybridized carbons (Fsp3) is 0.261. The molecule has 1 amide bonds. The lowest BCUT2D eigenvalue weighted by atomic mass is 10.0. The lowest BCUT2D eigenvalue weighted by molar-refractivity contribution is -0.119. The van der Waals surface area contributed by atoms with Crippen LogP contribution in [0.15, 0.2) is 53.3 Å². The summed E-state index contributed by atoms with van der Waals surface area (Å²) in [6.07, 6.45) is 0. The molecule has 2 aromatic carbocycles. The van der Waals surface area contributed by atoms with E-state index in [2.05, 4.69) is 10.4 Å². The number of ether oxygens (including phenoxy) is 2. The molecule has 0 saturated heterocycles. The molecule has 0 bridgehead atoms. The Bertz CT molecular complexity index is 1140. The summed E-state index contributed by atoms with van der Waals surface area (Å²) in [5, 5.41) is 7.23. The molecule has 1 heterocycles. The minimum Gasteiger partial charge on any atom is -0.497 e. The van der Waals surface area contributed by atoms with Crippen LogP contribution in [-0.4, -0.2) is 29.9 Å². The number of anilines is 1. The summed E-state index contributed by atoms with van der Waals surface area (Å²) >= 11 is 0. The first-order valence-electron chi connectivity index (χ1n) is 9.54. The van der Waals surface area contributed by atoms with Crippen molar-refractivity contribution in [3.63, 3.8) is 0 Å². The van der Waals surface area contributed by atoms with Gasteiger partial charge in [0.25, 0.3) is 5.56 Å². The van der Waals surface area contributed by atoms with Crippen molar-refractivity contribution >= 4 is 11.6 Å². The molecular formula is C23H25N3O4. The molecule has 3 aromatic rings. The SMILES string of the molecule is COc1ccc(NC(=O)[C@@H](C)n2nc(-c3ccc(C)c(C)c3)ccc2=O)c(OC)c1. The molecule has 0 radical (unpaired) electrons. The number of carbonyl (C=O) groups is 1. The van der Waals surface area contributed by atoms with Crippen LogP contribution in [0.5, 0.6) is 11.5 Å². The molecule has 0 aliphatic rings. The zero-order valence-electron chi connectivity index (χ0n) is 17.7. The van der Waals surface area contributed by atoms with E-state index in [0.29, 0.717) is 22.9 Å². The number of rotatable bonds is 6. The number of carbonyl (C=O) groups excluding carboxylic acids is 1. The maximum atomic E-state index is 12.8. The molecule has 30 heavy (non-hydrogen) atoms. The predicted molar refractivity (Wildman–Crippen MR) is 116 cm³/mol. The van der Waals surface area contributed by atoms with Crippen molar-refractivity contribution < 1.29 is 14.3 Å². The van der Waals surface area contributed by atoms with Gasteiger partial charge >= 0.3 is 0 Å². The number of benzene rings is 2. The van der Waals surface area contributed by atoms with Crippen molar-refractivity contribution in [2.45, 2.75) is 26.8 Å². The molecular weight excluding hydrogens is 382 g/mol. The number of aryl methyl sites for hydroxylation is 2. The van der Waals surface area contributed by atoms with Gasteiger partial charge in [-0.25, -0.2) is 4.68 Å². The van der Waals surface area contributed by atoms with Gasteiger partial charge in [0.15, 0.2) is 0 Å². The third kappa shape index (κ3) is 4.35. The molecule has 7 heteroatoms. The molecule has 0 unspecified atom stereocenters. The molecule has 1 atom stereocenters. The Kier molecular flexibility index (Phi) is 6.20. The highest BCUT2D eigenvalue weighted by molar-refractivity contribution is 5.94. The Morgan fingerprint density at radius 2 is 1.77 bits per heavy atom. The molecule has 156 valence electrons. The Labute approximate surface area is 175 Å². The van der Waals surface area contributed by atoms with Crippen LogP contribution in [0.4, 0.5) is 5.69 Å². The van der Waals surface area contributed by atoms with E-state index in [1.807, 2.05) is 32.0 Å². The van der Waals surface area contributed by atoms with Gasteiger partial charge in [-0.2, -0.15) is 5.10 Å². The number of aromatic nitrogens is 2. The molecule has 7 nitrogen and oxygen atoms in total. The highest BCUT2D eigenvalue weighted by Gasteiger charge is 2.20. The van der Waals surface area contributed by atoms with Crippen LogP contribution in [0.1, 0.15) is 24.1 Å². The fourth-order valence-corrected chi connectivity index (χ4v) is 3.01. The Morgan fingerprint density at radius 3 is 2.43 bits per heavy atom. The minimum absolute atomic E-state index is 0.355. The highest BCUT2D eigenvalue weighted by atomic mass is 16.5. The second kappa shape index (κ2) is 8.82. The van der Waals surface area contributed by atoms with E-state index in [1.54, 1.807) is 38.3 Å². The summed E-state index contributed by atoms with van der Waals surface area (Å²) in [5.74, 6) is 0.682. The maximum Gasteiger partial charge on any atom is 0.267 e. The quantitative estimate of drug-likeness (QED) is 0.673. The molecule has 1 aromatic heterocycles. The Hall–Kier alpha value is -3.61. The van der Waals surface area contributed by atoms with Crippen LogP contribution in [-0.2, 0) is 4.79 Å². The number of hydrogen-bond donors (Lipinski definition) is 1. The molecule has 0 saturated carbocycles. The lowest BCUT2D eigenvalue weighted by Gasteiger charge is -2.17. The van der Waals surface area contributed by atoms with Gasteiger partial charge in [0.05, 0.1) is 25.6 Å². The standard InChI is InChI=1S/C23H25N3O4/c1-14-6-7-17(12-15(14)2)19-10-11-22(27)26(25-19)16(3)23(28)24-20-9-8-18(29-4)13-21(20)30-5/h6-13,16H,1-5H3,(H,24,28)/t16-/m1/s1. The van der Waals surface area contributed by atoms with Crippen molar-refractivity contribution in [3.05, 3.63) is 70.0 Å². The van der Waals surface area contributed by atoms with E-state index >= 15 is 0 Å². The van der Waals surface area contributed by atoms with Crippen molar-refractivity contribution in [2.75, 3.05) is 19.5 Å². The fourth-order valence-electron chi connectivity index (χ4n) is 3.01. The second-order valence-electron chi connectivity index (χ2n) is 7.03. The third-order valence-electron chi connectivity index (χ3n) is 5.04. The summed E-state index contributed by atoms with van der Waals surface area (Å²) in [7, 11) is 3.06. The number of methoxy groups -OCH3 is 2. The molecule has 0 aliphatic carbocycles. The summed E-state index contributed by atoms with van der Waals surface area (Å²) in [4.78, 5) is 25.2. The van der Waals surface area contributed by atoms with Crippen LogP contribution in [0, 0.1) is 13.8 Å². The van der Waals surface area contributed by atoms with E-state index < -0.39 is 6.04 Å². The van der Waals surface area contributed by atoms with Crippen LogP contribution in [0.3, 0.4) is 0 Å². The van der Waals surface area contributed by atoms with E-state index in [-0.39, 0.29) is 11.5 Å². The number of amides is 1. The van der Waals surface area contributed by atoms with Crippen molar-refractivity contribution in [3.8, 4) is 22.8 Å². The topological polar surface area (TPSA) is 82.5 Å². The van der Waals surface area contributed by atoms with E-state index in [0.717, 1.165) is 11.1 Å². The van der Waals surface area contributed by atoms with Crippen molar-refractivity contribution in [1.82, 2.24) is 9.78 Å². The zero-order chi connectivity index (χ0) is 21.8. The maximum absolute atomic E-state index is 12.8. The van der Waals surface area contributed by atoms with Crippen LogP contribution in [0.25, 0.3) is 11.3 Å². The minimum atomic E-state index is -0.823. The molecule has 1 N–H and O–H groups in total. The first kappa shape index (κ1) is 21.1. The summed E-state index contributed by atoms with van der Waals surface area (Å²) in [6, 6.07) is 13.3. The molecule has 0 spiro atoms. The zero-order valence-corrected chi connectivity index (χ0v) is 17.7. The normalized spacial score (nSPS) is 11.6. The van der Waals surface area contributed by atoms with E-state index in [1.165, 1.54) is 23.4 Å². The van der Waals surface area contributed by atoms with Gasteiger partial charge in [0, 0.05) is 17.7 Å². The highest BCUT2D eigenvalue weighted by Crippen LogP contribution is 2.29. The second-order valence-corrected chi connectivity index (χ2v) is 7.03. The number of nitrogens with zero attached hydrogens (tertiary/aromatic N) is 2. The first-order valence-corrected chi connectivity index (χ1v) is 9.54. The van der Waals surface area contributed by atoms with Gasteiger partial charge in [0.2, 0.25) is 5.91 Å². The summed E-state index contributed by atoms with van der Waals surface area (Å²) in [6.45, 7) is 5.68. The monoisotopic (exact) mass is 407 g/mol. The molecule has 3 rings (SSSR count). The van der Waals surface area contributed by atoms with Crippen LogP contribution < -0.4 is 20.3 Å². The van der Waals surface area contributed by atoms with Crippen molar-refractivity contribution in [2.24, 2.45) is 0 Å². The largest absolute Gasteiger partial charge is 0.497 e.